The first-order valence-corrected chi connectivity index (χ1v) is 9.47. The molecule has 0 unspecified atom stereocenters. The van der Waals surface area contributed by atoms with Gasteiger partial charge >= 0.3 is 5.97 Å². The molecule has 0 spiro atoms. The molecule has 2 atom stereocenters. The Bertz CT molecular complexity index is 795. The molecule has 0 saturated carbocycles. The van der Waals surface area contributed by atoms with E-state index in [1.165, 1.54) is 0 Å². The second-order valence-electron chi connectivity index (χ2n) is 6.47. The highest BCUT2D eigenvalue weighted by atomic mass is 32.2. The maximum absolute atomic E-state index is 13.0. The highest BCUT2D eigenvalue weighted by Crippen LogP contribution is 2.43. The van der Waals surface area contributed by atoms with Crippen molar-refractivity contribution in [3.05, 3.63) is 83.3 Å². The van der Waals surface area contributed by atoms with Crippen LogP contribution in [0, 0.1) is 0 Å². The average Bonchev–Trinajstić information content (AvgIpc) is 2.66. The summed E-state index contributed by atoms with van der Waals surface area (Å²) in [5.74, 6) is -0.366. The van der Waals surface area contributed by atoms with Gasteiger partial charge in [0.1, 0.15) is 6.04 Å². The molecule has 0 N–H and O–H groups in total. The lowest BCUT2D eigenvalue weighted by molar-refractivity contribution is -0.164. The van der Waals surface area contributed by atoms with Gasteiger partial charge in [0, 0.05) is 6.42 Å². The molecule has 5 heteroatoms. The van der Waals surface area contributed by atoms with Gasteiger partial charge < -0.3 is 9.64 Å². The molecule has 2 aliphatic rings. The number of ether oxygens (including phenoxy) is 1. The zero-order chi connectivity index (χ0) is 18.1. The Morgan fingerprint density at radius 1 is 1.04 bits per heavy atom. The highest BCUT2D eigenvalue weighted by Gasteiger charge is 2.48. The summed E-state index contributed by atoms with van der Waals surface area (Å²) >= 11 is 1.58. The van der Waals surface area contributed by atoms with Gasteiger partial charge in [-0.3, -0.25) is 4.79 Å². The zero-order valence-electron chi connectivity index (χ0n) is 14.2. The predicted octanol–water partition coefficient (Wildman–Crippen LogP) is 3.90. The molecule has 2 heterocycles. The van der Waals surface area contributed by atoms with Crippen LogP contribution in [0.5, 0.6) is 0 Å². The number of rotatable bonds is 4. The molecule has 2 saturated heterocycles. The number of benzene rings is 2. The number of carbonyl (C=O) groups is 2. The van der Waals surface area contributed by atoms with Crippen molar-refractivity contribution in [2.45, 2.75) is 30.4 Å². The van der Waals surface area contributed by atoms with Gasteiger partial charge in [-0.15, -0.1) is 11.8 Å². The third-order valence-electron chi connectivity index (χ3n) is 4.72. The predicted molar refractivity (Wildman–Crippen MR) is 101 cm³/mol. The number of β-lactam (4-membered cyclic amide) rings is 1. The van der Waals surface area contributed by atoms with E-state index in [9.17, 15) is 9.59 Å². The molecule has 2 fully saturated rings. The van der Waals surface area contributed by atoms with E-state index < -0.39 is 12.1 Å². The van der Waals surface area contributed by atoms with E-state index in [2.05, 4.69) is 6.58 Å². The fourth-order valence-corrected chi connectivity index (χ4v) is 4.65. The molecule has 0 radical (unpaired) electrons. The molecule has 0 aliphatic carbocycles. The molecule has 2 aromatic rings. The van der Waals surface area contributed by atoms with Crippen LogP contribution in [0.1, 0.15) is 30.1 Å². The smallest absolute Gasteiger partial charge is 0.330 e. The second-order valence-corrected chi connectivity index (χ2v) is 7.83. The molecular weight excluding hydrogens is 346 g/mol. The summed E-state index contributed by atoms with van der Waals surface area (Å²) in [6, 6.07) is 18.7. The quantitative estimate of drug-likeness (QED) is 0.609. The van der Waals surface area contributed by atoms with Gasteiger partial charge in [-0.25, -0.2) is 4.79 Å². The van der Waals surface area contributed by atoms with Crippen LogP contribution < -0.4 is 0 Å². The highest BCUT2D eigenvalue weighted by molar-refractivity contribution is 8.03. The Balaban J connectivity index is 1.60. The van der Waals surface area contributed by atoms with Crippen LogP contribution in [0.15, 0.2) is 72.1 Å². The van der Waals surface area contributed by atoms with Crippen molar-refractivity contribution in [1.29, 1.82) is 0 Å². The third kappa shape index (κ3) is 3.15. The molecular formula is C21H19NO3S. The molecule has 0 bridgehead atoms. The van der Waals surface area contributed by atoms with E-state index in [4.69, 9.17) is 4.74 Å². The molecule has 26 heavy (non-hydrogen) atoms. The van der Waals surface area contributed by atoms with Crippen LogP contribution in [0.25, 0.3) is 0 Å². The van der Waals surface area contributed by atoms with Crippen molar-refractivity contribution in [3.8, 4) is 0 Å². The van der Waals surface area contributed by atoms with Gasteiger partial charge in [0.15, 0.2) is 6.10 Å². The third-order valence-corrected chi connectivity index (χ3v) is 5.88. The minimum atomic E-state index is -0.579. The van der Waals surface area contributed by atoms with Crippen molar-refractivity contribution >= 4 is 23.6 Å². The van der Waals surface area contributed by atoms with Crippen molar-refractivity contribution in [2.75, 3.05) is 0 Å². The van der Waals surface area contributed by atoms with E-state index in [1.807, 2.05) is 60.7 Å². The number of hydrogen-bond acceptors (Lipinski definition) is 4. The minimum absolute atomic E-state index is 0.00734. The van der Waals surface area contributed by atoms with Gasteiger partial charge in [-0.1, -0.05) is 67.2 Å². The maximum Gasteiger partial charge on any atom is 0.330 e. The Morgan fingerprint density at radius 3 is 2.15 bits per heavy atom. The van der Waals surface area contributed by atoms with Crippen molar-refractivity contribution < 1.29 is 14.3 Å². The standard InChI is InChI=1S/C21H19NO3S/c1-14-12-17(22-18(23)13-19(22)26-14)21(24)25-20(15-8-4-2-5-9-15)16-10-6-3-7-11-16/h2-11,17,19-20H,1,12-13H2/t17-,19-/m1/s1. The molecule has 2 aliphatic heterocycles. The Kier molecular flexibility index (Phi) is 4.55. The Labute approximate surface area is 156 Å². The van der Waals surface area contributed by atoms with E-state index in [1.54, 1.807) is 16.7 Å². The number of thioether (sulfide) groups is 1. The summed E-state index contributed by atoms with van der Waals surface area (Å²) in [6.45, 7) is 4.00. The topological polar surface area (TPSA) is 46.6 Å². The molecule has 132 valence electrons. The minimum Gasteiger partial charge on any atom is -0.451 e. The average molecular weight is 365 g/mol. The SMILES string of the molecule is C=C1C[C@H](C(=O)OC(c2ccccc2)c2ccccc2)N2C(=O)C[C@H]2S1. The van der Waals surface area contributed by atoms with Crippen LogP contribution in [0.2, 0.25) is 0 Å². The van der Waals surface area contributed by atoms with E-state index in [-0.39, 0.29) is 17.3 Å². The molecule has 4 rings (SSSR count). The van der Waals surface area contributed by atoms with E-state index in [0.29, 0.717) is 12.8 Å². The lowest BCUT2D eigenvalue weighted by Gasteiger charge is -2.48. The van der Waals surface area contributed by atoms with Gasteiger partial charge in [-0.05, 0) is 16.0 Å². The summed E-state index contributed by atoms with van der Waals surface area (Å²) < 4.78 is 5.93. The van der Waals surface area contributed by atoms with Crippen LogP contribution in [0.3, 0.4) is 0 Å². The second kappa shape index (κ2) is 7.00. The van der Waals surface area contributed by atoms with Crippen molar-refractivity contribution in [1.82, 2.24) is 4.90 Å². The number of nitrogens with zero attached hydrogens (tertiary/aromatic N) is 1. The zero-order valence-corrected chi connectivity index (χ0v) is 15.0. The summed E-state index contributed by atoms with van der Waals surface area (Å²) in [6.07, 6.45) is 0.415. The fourth-order valence-electron chi connectivity index (χ4n) is 3.40. The van der Waals surface area contributed by atoms with Gasteiger partial charge in [0.2, 0.25) is 5.91 Å². The monoisotopic (exact) mass is 365 g/mol. The van der Waals surface area contributed by atoms with E-state index >= 15 is 0 Å². The number of carbonyl (C=O) groups excluding carboxylic acids is 2. The largest absolute Gasteiger partial charge is 0.451 e. The normalized spacial score (nSPS) is 22.0. The molecule has 1 amide bonds. The first-order chi connectivity index (χ1) is 12.6. The Morgan fingerprint density at radius 2 is 1.62 bits per heavy atom. The maximum atomic E-state index is 13.0. The first kappa shape index (κ1) is 16.9. The molecule has 4 nitrogen and oxygen atoms in total. The van der Waals surface area contributed by atoms with Crippen LogP contribution >= 0.6 is 11.8 Å². The molecule has 2 aromatic carbocycles. The number of esters is 1. The summed E-state index contributed by atoms with van der Waals surface area (Å²) in [4.78, 5) is 27.5. The molecule has 0 aromatic heterocycles. The number of fused-ring (bicyclic) bond motifs is 1. The van der Waals surface area contributed by atoms with Gasteiger partial charge in [0.25, 0.3) is 0 Å². The summed E-state index contributed by atoms with van der Waals surface area (Å²) in [5.41, 5.74) is 1.81. The van der Waals surface area contributed by atoms with Crippen molar-refractivity contribution in [3.63, 3.8) is 0 Å². The Hall–Kier alpha value is -2.53. The fraction of sp³-hybridized carbons (Fsp3) is 0.238. The number of hydrogen-bond donors (Lipinski definition) is 0. The van der Waals surface area contributed by atoms with Gasteiger partial charge in [0.05, 0.1) is 11.8 Å². The number of amides is 1. The van der Waals surface area contributed by atoms with E-state index in [0.717, 1.165) is 16.0 Å². The summed E-state index contributed by atoms with van der Waals surface area (Å²) in [5, 5.41) is 0.0215. The van der Waals surface area contributed by atoms with Gasteiger partial charge in [-0.2, -0.15) is 0 Å². The van der Waals surface area contributed by atoms with Crippen LogP contribution in [-0.2, 0) is 14.3 Å². The summed E-state index contributed by atoms with van der Waals surface area (Å²) in [7, 11) is 0. The first-order valence-electron chi connectivity index (χ1n) is 8.59. The van der Waals surface area contributed by atoms with Crippen molar-refractivity contribution in [2.24, 2.45) is 0 Å². The lowest BCUT2D eigenvalue weighted by Crippen LogP contribution is -2.60. The van der Waals surface area contributed by atoms with Crippen LogP contribution in [0.4, 0.5) is 0 Å². The lowest BCUT2D eigenvalue weighted by atomic mass is 10.0. The van der Waals surface area contributed by atoms with Crippen LogP contribution in [-0.4, -0.2) is 28.2 Å².